The van der Waals surface area contributed by atoms with Crippen LogP contribution in [0, 0.1) is 6.92 Å². The summed E-state index contributed by atoms with van der Waals surface area (Å²) in [7, 11) is 0. The van der Waals surface area contributed by atoms with Gasteiger partial charge in [-0.3, -0.25) is 14.2 Å². The molecule has 0 saturated heterocycles. The lowest BCUT2D eigenvalue weighted by Crippen LogP contribution is -2.40. The van der Waals surface area contributed by atoms with Gasteiger partial charge in [0.1, 0.15) is 11.5 Å². The highest BCUT2D eigenvalue weighted by Crippen LogP contribution is 2.21. The second kappa shape index (κ2) is 7.32. The van der Waals surface area contributed by atoms with Crippen LogP contribution in [0.1, 0.15) is 11.5 Å². The maximum Gasteiger partial charge on any atom is 0.320 e. The fourth-order valence-electron chi connectivity index (χ4n) is 2.90. The summed E-state index contributed by atoms with van der Waals surface area (Å²) in [5.74, 6) is 1.08. The Hall–Kier alpha value is -3.38. The molecule has 0 fully saturated rings. The number of benzene rings is 2. The lowest BCUT2D eigenvalue weighted by molar-refractivity contribution is 0.537. The highest BCUT2D eigenvalue weighted by Gasteiger charge is 2.14. The van der Waals surface area contributed by atoms with Crippen molar-refractivity contribution in [2.45, 2.75) is 13.5 Å². The van der Waals surface area contributed by atoms with Crippen LogP contribution in [-0.2, 0) is 6.54 Å². The second-order valence-corrected chi connectivity index (χ2v) is 6.71. The van der Waals surface area contributed by atoms with Gasteiger partial charge in [-0.15, -0.1) is 0 Å². The van der Waals surface area contributed by atoms with E-state index in [9.17, 15) is 9.59 Å². The van der Waals surface area contributed by atoms with Crippen molar-refractivity contribution in [2.75, 3.05) is 0 Å². The van der Waals surface area contributed by atoms with Gasteiger partial charge in [0, 0.05) is 23.0 Å². The third kappa shape index (κ3) is 3.42. The van der Waals surface area contributed by atoms with Crippen molar-refractivity contribution in [3.63, 3.8) is 0 Å². The molecule has 0 aliphatic heterocycles. The first kappa shape index (κ1) is 18.0. The molecule has 0 bridgehead atoms. The third-order valence-corrected chi connectivity index (χ3v) is 4.61. The van der Waals surface area contributed by atoms with Crippen LogP contribution in [0.25, 0.3) is 17.1 Å². The van der Waals surface area contributed by atoms with Crippen LogP contribution < -0.4 is 11.1 Å². The quantitative estimate of drug-likeness (QED) is 0.496. The molecule has 6 nitrogen and oxygen atoms in total. The average Bonchev–Trinajstić information content (AvgIpc) is 3.07. The van der Waals surface area contributed by atoms with Crippen molar-refractivity contribution in [2.24, 2.45) is 0 Å². The van der Waals surface area contributed by atoms with Gasteiger partial charge in [0.05, 0.1) is 12.2 Å². The molecule has 28 heavy (non-hydrogen) atoms. The monoisotopic (exact) mass is 393 g/mol. The number of aryl methyl sites for hydroxylation is 1. The highest BCUT2D eigenvalue weighted by molar-refractivity contribution is 6.30. The molecule has 0 saturated carbocycles. The summed E-state index contributed by atoms with van der Waals surface area (Å²) in [4.78, 5) is 29.6. The van der Waals surface area contributed by atoms with Crippen LogP contribution in [0.4, 0.5) is 0 Å². The van der Waals surface area contributed by atoms with Gasteiger partial charge in [0.2, 0.25) is 5.89 Å². The van der Waals surface area contributed by atoms with Gasteiger partial charge in [0.15, 0.2) is 0 Å². The summed E-state index contributed by atoms with van der Waals surface area (Å²) in [6.07, 6.45) is 3.10. The summed E-state index contributed by atoms with van der Waals surface area (Å²) in [5.41, 5.74) is 0.674. The van der Waals surface area contributed by atoms with Gasteiger partial charge >= 0.3 is 11.1 Å². The standard InChI is InChI=1S/C21H16ClN3O3/c1-14-18(23-19(28-14)15-6-3-2-4-7-15)13-24-10-11-25(21(27)20(24)26)17-9-5-8-16(22)12-17/h2-12H,13H2,1H3. The Kier molecular flexibility index (Phi) is 4.71. The number of nitrogens with zero attached hydrogens (tertiary/aromatic N) is 3. The third-order valence-electron chi connectivity index (χ3n) is 4.38. The molecule has 0 radical (unpaired) electrons. The fraction of sp³-hybridized carbons (Fsp3) is 0.0952. The predicted octanol–water partition coefficient (Wildman–Crippen LogP) is 3.66. The van der Waals surface area contributed by atoms with Gasteiger partial charge < -0.3 is 8.98 Å². The molecule has 0 atom stereocenters. The normalized spacial score (nSPS) is 10.9. The first-order valence-electron chi connectivity index (χ1n) is 8.63. The summed E-state index contributed by atoms with van der Waals surface area (Å²) in [6, 6.07) is 16.3. The molecular weight excluding hydrogens is 378 g/mol. The Balaban J connectivity index is 1.68. The Morgan fingerprint density at radius 2 is 1.79 bits per heavy atom. The van der Waals surface area contributed by atoms with Crippen molar-refractivity contribution < 1.29 is 4.42 Å². The van der Waals surface area contributed by atoms with Crippen LogP contribution in [0.3, 0.4) is 0 Å². The number of hydrogen-bond donors (Lipinski definition) is 0. The molecule has 2 heterocycles. The molecule has 0 unspecified atom stereocenters. The number of rotatable bonds is 4. The molecule has 4 aromatic rings. The summed E-state index contributed by atoms with van der Waals surface area (Å²) < 4.78 is 8.32. The van der Waals surface area contributed by atoms with Crippen LogP contribution in [-0.4, -0.2) is 14.1 Å². The molecule has 7 heteroatoms. The first-order chi connectivity index (χ1) is 13.5. The van der Waals surface area contributed by atoms with E-state index in [1.54, 1.807) is 43.6 Å². The van der Waals surface area contributed by atoms with Gasteiger partial charge in [-0.2, -0.15) is 0 Å². The lowest BCUT2D eigenvalue weighted by Gasteiger charge is -2.08. The summed E-state index contributed by atoms with van der Waals surface area (Å²) in [6.45, 7) is 1.93. The smallest absolute Gasteiger partial charge is 0.320 e. The van der Waals surface area contributed by atoms with E-state index in [0.29, 0.717) is 28.1 Å². The zero-order valence-electron chi connectivity index (χ0n) is 15.0. The minimum Gasteiger partial charge on any atom is -0.441 e. The zero-order valence-corrected chi connectivity index (χ0v) is 15.8. The molecule has 4 rings (SSSR count). The van der Waals surface area contributed by atoms with E-state index >= 15 is 0 Å². The van der Waals surface area contributed by atoms with Crippen molar-refractivity contribution in [3.8, 4) is 17.1 Å². The van der Waals surface area contributed by atoms with E-state index < -0.39 is 11.1 Å². The van der Waals surface area contributed by atoms with E-state index in [1.807, 2.05) is 30.3 Å². The molecule has 0 aliphatic rings. The maximum absolute atomic E-state index is 12.6. The van der Waals surface area contributed by atoms with E-state index in [1.165, 1.54) is 9.13 Å². The van der Waals surface area contributed by atoms with Gasteiger partial charge in [0.25, 0.3) is 0 Å². The van der Waals surface area contributed by atoms with Gasteiger partial charge in [-0.1, -0.05) is 35.9 Å². The molecule has 0 N–H and O–H groups in total. The molecule has 140 valence electrons. The average molecular weight is 394 g/mol. The van der Waals surface area contributed by atoms with Crippen molar-refractivity contribution in [1.29, 1.82) is 0 Å². The Labute approximate surface area is 165 Å². The molecule has 0 aliphatic carbocycles. The van der Waals surface area contributed by atoms with E-state index in [2.05, 4.69) is 4.98 Å². The Morgan fingerprint density at radius 1 is 1.00 bits per heavy atom. The lowest BCUT2D eigenvalue weighted by atomic mass is 10.2. The SMILES string of the molecule is Cc1oc(-c2ccccc2)nc1Cn1ccn(-c2cccc(Cl)c2)c(=O)c1=O. The van der Waals surface area contributed by atoms with Crippen molar-refractivity contribution >= 4 is 11.6 Å². The van der Waals surface area contributed by atoms with Gasteiger partial charge in [-0.25, -0.2) is 4.98 Å². The van der Waals surface area contributed by atoms with Crippen molar-refractivity contribution in [3.05, 3.63) is 104 Å². The minimum atomic E-state index is -0.658. The van der Waals surface area contributed by atoms with Crippen LogP contribution in [0.2, 0.25) is 5.02 Å². The Morgan fingerprint density at radius 3 is 2.54 bits per heavy atom. The van der Waals surface area contributed by atoms with Crippen molar-refractivity contribution in [1.82, 2.24) is 14.1 Å². The van der Waals surface area contributed by atoms with E-state index in [4.69, 9.17) is 16.0 Å². The number of oxazole rings is 1. The van der Waals surface area contributed by atoms with Crippen LogP contribution in [0.5, 0.6) is 0 Å². The topological polar surface area (TPSA) is 70.0 Å². The second-order valence-electron chi connectivity index (χ2n) is 6.27. The number of hydrogen-bond acceptors (Lipinski definition) is 4. The van der Waals surface area contributed by atoms with E-state index in [-0.39, 0.29) is 6.54 Å². The summed E-state index contributed by atoms with van der Waals surface area (Å²) in [5, 5.41) is 0.486. The minimum absolute atomic E-state index is 0.145. The molecule has 0 amide bonds. The Bertz CT molecular complexity index is 1260. The number of halogens is 1. The fourth-order valence-corrected chi connectivity index (χ4v) is 3.09. The largest absolute Gasteiger partial charge is 0.441 e. The molecule has 2 aromatic heterocycles. The summed E-state index contributed by atoms with van der Waals surface area (Å²) >= 11 is 5.98. The first-order valence-corrected chi connectivity index (χ1v) is 9.00. The predicted molar refractivity (Wildman–Crippen MR) is 107 cm³/mol. The molecular formula is C21H16ClN3O3. The maximum atomic E-state index is 12.6. The molecule has 2 aromatic carbocycles. The highest BCUT2D eigenvalue weighted by atomic mass is 35.5. The van der Waals surface area contributed by atoms with Gasteiger partial charge in [-0.05, 0) is 37.3 Å². The molecule has 0 spiro atoms. The van der Waals surface area contributed by atoms with Crippen LogP contribution >= 0.6 is 11.6 Å². The zero-order chi connectivity index (χ0) is 19.7. The number of aromatic nitrogens is 3. The van der Waals surface area contributed by atoms with E-state index in [0.717, 1.165) is 5.56 Å². The van der Waals surface area contributed by atoms with Crippen LogP contribution in [0.15, 0.2) is 81.0 Å².